The van der Waals surface area contributed by atoms with Crippen LogP contribution in [0, 0.1) is 6.92 Å². The number of aromatic nitrogens is 1. The summed E-state index contributed by atoms with van der Waals surface area (Å²) < 4.78 is 6.07. The van der Waals surface area contributed by atoms with Crippen molar-refractivity contribution in [3.8, 4) is 0 Å². The summed E-state index contributed by atoms with van der Waals surface area (Å²) in [7, 11) is 0. The molecule has 4 aromatic rings. The fraction of sp³-hybridized carbons (Fsp3) is 0.0556. The highest BCUT2D eigenvalue weighted by Crippen LogP contribution is 2.28. The summed E-state index contributed by atoms with van der Waals surface area (Å²) in [5, 5.41) is 6.63. The largest absolute Gasteiger partial charge is 0.459 e. The van der Waals surface area contributed by atoms with Gasteiger partial charge in [-0.25, -0.2) is 4.98 Å². The van der Waals surface area contributed by atoms with Gasteiger partial charge in [-0.1, -0.05) is 17.4 Å². The van der Waals surface area contributed by atoms with E-state index in [-0.39, 0.29) is 17.6 Å². The number of thiazole rings is 1. The lowest BCUT2D eigenvalue weighted by Crippen LogP contribution is -2.10. The van der Waals surface area contributed by atoms with E-state index < -0.39 is 0 Å². The number of hydrogen-bond donors (Lipinski definition) is 2. The lowest BCUT2D eigenvalue weighted by molar-refractivity contribution is 0.0995. The third-order valence-corrected chi connectivity index (χ3v) is 5.51. The molecule has 2 amide bonds. The van der Waals surface area contributed by atoms with Crippen molar-refractivity contribution in [1.82, 2.24) is 4.98 Å². The number of carbonyl (C=O) groups excluding carboxylic acids is 2. The summed E-state index contributed by atoms with van der Waals surface area (Å²) in [5.41, 5.74) is 2.00. The number of furan rings is 1. The van der Waals surface area contributed by atoms with Crippen LogP contribution in [0.3, 0.4) is 0 Å². The van der Waals surface area contributed by atoms with Crippen LogP contribution in [0.4, 0.5) is 10.1 Å². The molecule has 8 heteroatoms. The van der Waals surface area contributed by atoms with Gasteiger partial charge in [0.25, 0.3) is 11.8 Å². The Morgan fingerprint density at radius 3 is 2.73 bits per heavy atom. The molecule has 2 N–H and O–H groups in total. The minimum absolute atomic E-state index is 0.217. The highest BCUT2D eigenvalue weighted by Gasteiger charge is 2.15. The van der Waals surface area contributed by atoms with Crippen LogP contribution >= 0.6 is 22.7 Å². The topological polar surface area (TPSA) is 84.2 Å². The summed E-state index contributed by atoms with van der Waals surface area (Å²) in [4.78, 5) is 29.3. The molecule has 26 heavy (non-hydrogen) atoms. The molecule has 6 nitrogen and oxygen atoms in total. The number of thiophene rings is 1. The van der Waals surface area contributed by atoms with Crippen molar-refractivity contribution in [2.75, 3.05) is 10.6 Å². The number of aryl methyl sites for hydroxylation is 1. The zero-order valence-electron chi connectivity index (χ0n) is 13.6. The van der Waals surface area contributed by atoms with Crippen LogP contribution in [0.1, 0.15) is 25.8 Å². The number of anilines is 2. The van der Waals surface area contributed by atoms with Crippen LogP contribution in [-0.2, 0) is 0 Å². The number of nitrogens with zero attached hydrogens (tertiary/aromatic N) is 1. The third kappa shape index (κ3) is 3.37. The van der Waals surface area contributed by atoms with Gasteiger partial charge in [-0.05, 0) is 48.9 Å². The molecule has 0 saturated carbocycles. The maximum absolute atomic E-state index is 12.4. The fourth-order valence-electron chi connectivity index (χ4n) is 2.35. The van der Waals surface area contributed by atoms with Gasteiger partial charge >= 0.3 is 0 Å². The summed E-state index contributed by atoms with van der Waals surface area (Å²) in [6, 6.07) is 12.5. The Kier molecular flexibility index (Phi) is 4.27. The van der Waals surface area contributed by atoms with Crippen molar-refractivity contribution in [3.63, 3.8) is 0 Å². The van der Waals surface area contributed by atoms with Crippen molar-refractivity contribution in [3.05, 3.63) is 64.9 Å². The van der Waals surface area contributed by atoms with E-state index in [1.54, 1.807) is 24.3 Å². The summed E-state index contributed by atoms with van der Waals surface area (Å²) in [5.74, 6) is -0.399. The number of fused-ring (bicyclic) bond motifs is 1. The number of benzene rings is 1. The summed E-state index contributed by atoms with van der Waals surface area (Å²) in [6.07, 6.45) is 1.43. The van der Waals surface area contributed by atoms with Gasteiger partial charge in [-0.3, -0.25) is 14.9 Å². The molecule has 0 atom stereocenters. The van der Waals surface area contributed by atoms with Crippen LogP contribution in [0.2, 0.25) is 0 Å². The number of nitrogens with one attached hydrogen (secondary N) is 2. The van der Waals surface area contributed by atoms with Gasteiger partial charge in [0.05, 0.1) is 26.4 Å². The van der Waals surface area contributed by atoms with Gasteiger partial charge in [0.1, 0.15) is 0 Å². The molecule has 0 unspecified atom stereocenters. The van der Waals surface area contributed by atoms with E-state index in [9.17, 15) is 9.59 Å². The lowest BCUT2D eigenvalue weighted by atomic mass is 10.2. The van der Waals surface area contributed by atoms with E-state index >= 15 is 0 Å². The zero-order chi connectivity index (χ0) is 18.1. The number of hydrogen-bond acceptors (Lipinski definition) is 6. The predicted octanol–water partition coefficient (Wildman–Crippen LogP) is 4.76. The highest BCUT2D eigenvalue weighted by atomic mass is 32.1. The Labute approximate surface area is 156 Å². The van der Waals surface area contributed by atoms with Crippen molar-refractivity contribution < 1.29 is 14.0 Å². The van der Waals surface area contributed by atoms with E-state index in [1.165, 1.54) is 28.9 Å². The molecule has 0 saturated heterocycles. The number of amides is 2. The molecule has 1 aromatic carbocycles. The van der Waals surface area contributed by atoms with Gasteiger partial charge in [0.15, 0.2) is 10.9 Å². The summed E-state index contributed by atoms with van der Waals surface area (Å²) >= 11 is 2.62. The van der Waals surface area contributed by atoms with Crippen LogP contribution in [-0.4, -0.2) is 16.8 Å². The summed E-state index contributed by atoms with van der Waals surface area (Å²) in [6.45, 7) is 2.02. The van der Waals surface area contributed by atoms with Crippen LogP contribution < -0.4 is 10.6 Å². The predicted molar refractivity (Wildman–Crippen MR) is 103 cm³/mol. The van der Waals surface area contributed by atoms with Gasteiger partial charge in [0.2, 0.25) is 0 Å². The molecular weight excluding hydrogens is 370 g/mol. The first-order valence-electron chi connectivity index (χ1n) is 7.72. The van der Waals surface area contributed by atoms with Crippen LogP contribution in [0.15, 0.2) is 53.1 Å². The molecule has 3 aromatic heterocycles. The SMILES string of the molecule is Cc1ccc2nc(NC(=O)c3ccc(NC(=O)c4ccco4)s3)sc2c1. The van der Waals surface area contributed by atoms with E-state index in [1.807, 2.05) is 25.1 Å². The zero-order valence-corrected chi connectivity index (χ0v) is 15.2. The molecule has 0 aliphatic rings. The van der Waals surface area contributed by atoms with Crippen molar-refractivity contribution in [2.24, 2.45) is 0 Å². The molecule has 0 bridgehead atoms. The highest BCUT2D eigenvalue weighted by molar-refractivity contribution is 7.22. The second-order valence-corrected chi connectivity index (χ2v) is 7.65. The third-order valence-electron chi connectivity index (χ3n) is 3.58. The number of carbonyl (C=O) groups is 2. The van der Waals surface area contributed by atoms with Crippen LogP contribution in [0.5, 0.6) is 0 Å². The Hall–Kier alpha value is -2.97. The molecule has 0 spiro atoms. The normalized spacial score (nSPS) is 10.8. The Morgan fingerprint density at radius 1 is 1.04 bits per heavy atom. The molecule has 0 aliphatic carbocycles. The van der Waals surface area contributed by atoms with Crippen molar-refractivity contribution in [1.29, 1.82) is 0 Å². The molecular formula is C18H13N3O3S2. The molecule has 3 heterocycles. The maximum Gasteiger partial charge on any atom is 0.291 e. The van der Waals surface area contributed by atoms with Gasteiger partial charge in [-0.2, -0.15) is 0 Å². The smallest absolute Gasteiger partial charge is 0.291 e. The molecule has 4 rings (SSSR count). The van der Waals surface area contributed by atoms with Crippen LogP contribution in [0.25, 0.3) is 10.2 Å². The van der Waals surface area contributed by atoms with Gasteiger partial charge in [0, 0.05) is 0 Å². The first-order valence-corrected chi connectivity index (χ1v) is 9.35. The average molecular weight is 383 g/mol. The van der Waals surface area contributed by atoms with E-state index in [2.05, 4.69) is 15.6 Å². The first-order chi connectivity index (χ1) is 12.6. The average Bonchev–Trinajstić information content (AvgIpc) is 3.34. The minimum Gasteiger partial charge on any atom is -0.459 e. The monoisotopic (exact) mass is 383 g/mol. The molecule has 0 fully saturated rings. The van der Waals surface area contributed by atoms with Gasteiger partial charge < -0.3 is 9.73 Å². The Bertz CT molecular complexity index is 1100. The second-order valence-electron chi connectivity index (χ2n) is 5.54. The van der Waals surface area contributed by atoms with E-state index in [0.29, 0.717) is 15.0 Å². The molecule has 0 aliphatic heterocycles. The molecule has 0 radical (unpaired) electrons. The fourth-order valence-corrected chi connectivity index (χ4v) is 4.11. The second kappa shape index (κ2) is 6.74. The number of rotatable bonds is 4. The first kappa shape index (κ1) is 16.5. The van der Waals surface area contributed by atoms with E-state index in [4.69, 9.17) is 4.42 Å². The Balaban J connectivity index is 1.46. The quantitative estimate of drug-likeness (QED) is 0.532. The van der Waals surface area contributed by atoms with Crippen molar-refractivity contribution in [2.45, 2.75) is 6.92 Å². The Morgan fingerprint density at radius 2 is 1.92 bits per heavy atom. The van der Waals surface area contributed by atoms with Gasteiger partial charge in [-0.15, -0.1) is 11.3 Å². The van der Waals surface area contributed by atoms with E-state index in [0.717, 1.165) is 15.8 Å². The molecule has 130 valence electrons. The maximum atomic E-state index is 12.4. The lowest BCUT2D eigenvalue weighted by Gasteiger charge is -1.99. The van der Waals surface area contributed by atoms with Crippen molar-refractivity contribution >= 4 is 54.8 Å². The standard InChI is InChI=1S/C18H13N3O3S2/c1-10-4-5-11-14(9-10)26-18(19-11)21-17(23)13-6-7-15(25-13)20-16(22)12-3-2-8-24-12/h2-9H,1H3,(H,20,22)(H,19,21,23). The minimum atomic E-state index is -0.356.